The van der Waals surface area contributed by atoms with E-state index < -0.39 is 0 Å². The molecule has 2 aliphatic rings. The van der Waals surface area contributed by atoms with Gasteiger partial charge in [0.1, 0.15) is 18.0 Å². The Balaban J connectivity index is 1.25. The zero-order valence-corrected chi connectivity index (χ0v) is 15.8. The molecule has 0 radical (unpaired) electrons. The van der Waals surface area contributed by atoms with Gasteiger partial charge in [-0.25, -0.2) is 14.4 Å². The summed E-state index contributed by atoms with van der Waals surface area (Å²) in [7, 11) is 0. The quantitative estimate of drug-likeness (QED) is 0.666. The molecule has 4 heterocycles. The maximum Gasteiger partial charge on any atom is 0.287 e. The summed E-state index contributed by atoms with van der Waals surface area (Å²) in [5.41, 5.74) is 1.28. The highest BCUT2D eigenvalue weighted by atomic mass is 19.1. The van der Waals surface area contributed by atoms with Crippen LogP contribution in [-0.2, 0) is 9.47 Å². The molecule has 2 saturated heterocycles. The molecule has 0 saturated carbocycles. The normalized spacial score (nSPS) is 25.1. The van der Waals surface area contributed by atoms with E-state index in [1.807, 2.05) is 0 Å². The fourth-order valence-electron chi connectivity index (χ4n) is 3.80. The molecule has 5 rings (SSSR count). The minimum absolute atomic E-state index is 0.178. The molecule has 8 nitrogen and oxygen atoms in total. The smallest absolute Gasteiger partial charge is 0.287 e. The number of carbonyl (C=O) groups excluding carboxylic acids is 1. The number of amides is 1. The lowest BCUT2D eigenvalue weighted by Crippen LogP contribution is -2.44. The Morgan fingerprint density at radius 3 is 2.70 bits per heavy atom. The number of hydrogen-bond donors (Lipinski definition) is 2. The van der Waals surface area contributed by atoms with E-state index in [9.17, 15) is 9.18 Å². The Hall–Kier alpha value is -3.30. The van der Waals surface area contributed by atoms with Gasteiger partial charge in [0.2, 0.25) is 5.95 Å². The van der Waals surface area contributed by atoms with E-state index in [1.54, 1.807) is 36.5 Å². The molecule has 4 atom stereocenters. The Morgan fingerprint density at radius 2 is 1.90 bits per heavy atom. The molecule has 0 bridgehead atoms. The highest BCUT2D eigenvalue weighted by Crippen LogP contribution is 2.29. The molecule has 9 heteroatoms. The van der Waals surface area contributed by atoms with Crippen LogP contribution in [-0.4, -0.2) is 53.4 Å². The minimum atomic E-state index is -0.324. The van der Waals surface area contributed by atoms with Gasteiger partial charge >= 0.3 is 0 Å². The number of rotatable bonds is 5. The maximum absolute atomic E-state index is 13.5. The lowest BCUT2D eigenvalue weighted by atomic mass is 10.1. The molecule has 0 aliphatic carbocycles. The molecule has 1 amide bonds. The number of nitrogens with one attached hydrogen (secondary N) is 2. The summed E-state index contributed by atoms with van der Waals surface area (Å²) in [6, 6.07) is 10.8. The SMILES string of the molecule is O=C(N[C@H]1CO[C@H]2[C@@H]1OC[C@@H]2Nc1nccc(-c2cccc(F)c2)n1)c1ccco1. The van der Waals surface area contributed by atoms with Crippen LogP contribution in [0.15, 0.2) is 59.3 Å². The monoisotopic (exact) mass is 410 g/mol. The first kappa shape index (κ1) is 18.7. The third kappa shape index (κ3) is 3.64. The van der Waals surface area contributed by atoms with Gasteiger partial charge in [-0.2, -0.15) is 0 Å². The van der Waals surface area contributed by atoms with E-state index in [1.165, 1.54) is 18.4 Å². The van der Waals surface area contributed by atoms with Gasteiger partial charge in [-0.05, 0) is 30.3 Å². The number of hydrogen-bond acceptors (Lipinski definition) is 7. The zero-order valence-electron chi connectivity index (χ0n) is 15.8. The predicted octanol–water partition coefficient (Wildman–Crippen LogP) is 2.25. The summed E-state index contributed by atoms with van der Waals surface area (Å²) in [6.45, 7) is 0.722. The van der Waals surface area contributed by atoms with E-state index in [0.29, 0.717) is 30.4 Å². The number of fused-ring (bicyclic) bond motifs is 1. The number of carbonyl (C=O) groups is 1. The summed E-state index contributed by atoms with van der Waals surface area (Å²) in [4.78, 5) is 21.0. The van der Waals surface area contributed by atoms with E-state index >= 15 is 0 Å². The van der Waals surface area contributed by atoms with Crippen molar-refractivity contribution in [1.82, 2.24) is 15.3 Å². The molecule has 2 fully saturated rings. The van der Waals surface area contributed by atoms with Crippen molar-refractivity contribution < 1.29 is 23.1 Å². The first-order valence-corrected chi connectivity index (χ1v) is 9.60. The van der Waals surface area contributed by atoms with E-state index in [2.05, 4.69) is 20.6 Å². The van der Waals surface area contributed by atoms with Crippen molar-refractivity contribution >= 4 is 11.9 Å². The van der Waals surface area contributed by atoms with Crippen molar-refractivity contribution in [2.24, 2.45) is 0 Å². The number of furan rings is 1. The van der Waals surface area contributed by atoms with Crippen molar-refractivity contribution in [3.8, 4) is 11.3 Å². The number of halogens is 1. The summed E-state index contributed by atoms with van der Waals surface area (Å²) in [6.07, 6.45) is 2.53. The largest absolute Gasteiger partial charge is 0.459 e. The van der Waals surface area contributed by atoms with Crippen LogP contribution in [0.2, 0.25) is 0 Å². The van der Waals surface area contributed by atoms with Crippen molar-refractivity contribution in [1.29, 1.82) is 0 Å². The lowest BCUT2D eigenvalue weighted by molar-refractivity contribution is 0.0646. The van der Waals surface area contributed by atoms with Crippen molar-refractivity contribution in [3.05, 3.63) is 66.5 Å². The first-order valence-electron chi connectivity index (χ1n) is 9.60. The van der Waals surface area contributed by atoms with Gasteiger partial charge in [0, 0.05) is 11.8 Å². The van der Waals surface area contributed by atoms with E-state index in [4.69, 9.17) is 13.9 Å². The second kappa shape index (κ2) is 7.85. The van der Waals surface area contributed by atoms with Crippen LogP contribution in [0.1, 0.15) is 10.6 Å². The Morgan fingerprint density at radius 1 is 1.07 bits per heavy atom. The number of benzene rings is 1. The fraction of sp³-hybridized carbons (Fsp3) is 0.286. The van der Waals surface area contributed by atoms with Gasteiger partial charge in [-0.1, -0.05) is 12.1 Å². The third-order valence-corrected chi connectivity index (χ3v) is 5.21. The van der Waals surface area contributed by atoms with Crippen molar-refractivity contribution in [3.63, 3.8) is 0 Å². The average molecular weight is 410 g/mol. The fourth-order valence-corrected chi connectivity index (χ4v) is 3.80. The van der Waals surface area contributed by atoms with Gasteiger partial charge in [-0.3, -0.25) is 4.79 Å². The summed E-state index contributed by atoms with van der Waals surface area (Å²) in [5, 5.41) is 6.14. The van der Waals surface area contributed by atoms with E-state index in [-0.39, 0.29) is 41.8 Å². The molecule has 2 N–H and O–H groups in total. The standard InChI is InChI=1S/C21H19FN4O4/c22-13-4-1-3-12(9-13)14-6-7-23-21(25-14)26-16-11-30-18-15(10-29-19(16)18)24-20(27)17-5-2-8-28-17/h1-9,15-16,18-19H,10-11H2,(H,24,27)(H,23,25,26)/t15-,16-,18+,19+/m0/s1. The number of aromatic nitrogens is 2. The maximum atomic E-state index is 13.5. The highest BCUT2D eigenvalue weighted by molar-refractivity contribution is 5.91. The van der Waals surface area contributed by atoms with Gasteiger partial charge in [0.25, 0.3) is 5.91 Å². The van der Waals surface area contributed by atoms with Crippen LogP contribution in [0.3, 0.4) is 0 Å². The van der Waals surface area contributed by atoms with Crippen LogP contribution >= 0.6 is 0 Å². The Labute approximate surface area is 171 Å². The van der Waals surface area contributed by atoms with Crippen LogP contribution in [0.5, 0.6) is 0 Å². The zero-order chi connectivity index (χ0) is 20.5. The van der Waals surface area contributed by atoms with Crippen LogP contribution < -0.4 is 10.6 Å². The Kier molecular flexibility index (Phi) is 4.89. The average Bonchev–Trinajstić information content (AvgIpc) is 3.49. The van der Waals surface area contributed by atoms with E-state index in [0.717, 1.165) is 0 Å². The van der Waals surface area contributed by atoms with Gasteiger partial charge in [0.15, 0.2) is 5.76 Å². The minimum Gasteiger partial charge on any atom is -0.459 e. The molecule has 2 aliphatic heterocycles. The molecular formula is C21H19FN4O4. The third-order valence-electron chi connectivity index (χ3n) is 5.21. The lowest BCUT2D eigenvalue weighted by Gasteiger charge is -2.18. The van der Waals surface area contributed by atoms with Crippen molar-refractivity contribution in [2.45, 2.75) is 24.3 Å². The summed E-state index contributed by atoms with van der Waals surface area (Å²) < 4.78 is 30.4. The molecule has 1 aromatic carbocycles. The Bertz CT molecular complexity index is 1050. The molecule has 3 aromatic rings. The van der Waals surface area contributed by atoms with Crippen LogP contribution in [0.25, 0.3) is 11.3 Å². The van der Waals surface area contributed by atoms with Crippen molar-refractivity contribution in [2.75, 3.05) is 18.5 Å². The van der Waals surface area contributed by atoms with Gasteiger partial charge in [-0.15, -0.1) is 0 Å². The first-order chi connectivity index (χ1) is 14.7. The topological polar surface area (TPSA) is 98.5 Å². The second-order valence-electron chi connectivity index (χ2n) is 7.18. The van der Waals surface area contributed by atoms with Gasteiger partial charge < -0.3 is 24.5 Å². The predicted molar refractivity (Wildman–Crippen MR) is 104 cm³/mol. The van der Waals surface area contributed by atoms with Gasteiger partial charge in [0.05, 0.1) is 37.3 Å². The van der Waals surface area contributed by atoms with Crippen LogP contribution in [0.4, 0.5) is 10.3 Å². The summed E-state index contributed by atoms with van der Waals surface area (Å²) in [5.74, 6) is 0.0152. The molecule has 0 unspecified atom stereocenters. The molecular weight excluding hydrogens is 391 g/mol. The number of anilines is 1. The van der Waals surface area contributed by atoms with Crippen LogP contribution in [0, 0.1) is 5.82 Å². The second-order valence-corrected chi connectivity index (χ2v) is 7.18. The molecule has 30 heavy (non-hydrogen) atoms. The molecule has 154 valence electrons. The molecule has 0 spiro atoms. The number of ether oxygens (including phenoxy) is 2. The highest BCUT2D eigenvalue weighted by Gasteiger charge is 2.48. The summed E-state index contributed by atoms with van der Waals surface area (Å²) >= 11 is 0. The molecule has 2 aromatic heterocycles. The number of nitrogens with zero attached hydrogens (tertiary/aromatic N) is 2.